The molecule has 0 bridgehead atoms. The Hall–Kier alpha value is -2.62. The molecule has 0 aliphatic heterocycles. The number of hydrogen-bond donors (Lipinski definition) is 2. The van der Waals surface area contributed by atoms with Gasteiger partial charge in [0.1, 0.15) is 0 Å². The molecule has 3 rings (SSSR count). The molecule has 1 aliphatic rings. The fraction of sp³-hybridized carbons (Fsp3) is 0.364. The Bertz CT molecular complexity index is 734. The zero-order valence-corrected chi connectivity index (χ0v) is 14.9. The van der Waals surface area contributed by atoms with Crippen molar-refractivity contribution in [2.75, 3.05) is 0 Å². The molecule has 2 N–H and O–H groups in total. The van der Waals surface area contributed by atoms with Crippen LogP contribution < -0.4 is 5.32 Å². The van der Waals surface area contributed by atoms with Crippen LogP contribution in [0.25, 0.3) is 0 Å². The number of carboxylic acids is 1. The molecular formula is C22H25NO3. The lowest BCUT2D eigenvalue weighted by Crippen LogP contribution is -2.30. The molecule has 4 nitrogen and oxygen atoms in total. The van der Waals surface area contributed by atoms with Gasteiger partial charge >= 0.3 is 5.97 Å². The summed E-state index contributed by atoms with van der Waals surface area (Å²) in [6.45, 7) is 0. The second-order valence-corrected chi connectivity index (χ2v) is 6.99. The highest BCUT2D eigenvalue weighted by Gasteiger charge is 2.20. The van der Waals surface area contributed by atoms with Crippen molar-refractivity contribution in [2.45, 2.75) is 50.5 Å². The molecule has 1 aliphatic carbocycles. The van der Waals surface area contributed by atoms with Crippen molar-refractivity contribution in [2.24, 2.45) is 0 Å². The van der Waals surface area contributed by atoms with Crippen LogP contribution in [0.4, 0.5) is 0 Å². The molecule has 4 heteroatoms. The maximum absolute atomic E-state index is 12.6. The highest BCUT2D eigenvalue weighted by atomic mass is 16.4. The van der Waals surface area contributed by atoms with Gasteiger partial charge in [-0.3, -0.25) is 9.59 Å². The van der Waals surface area contributed by atoms with Crippen LogP contribution >= 0.6 is 0 Å². The third-order valence-electron chi connectivity index (χ3n) is 5.14. The van der Waals surface area contributed by atoms with Crippen LogP contribution in [0.3, 0.4) is 0 Å². The number of benzene rings is 2. The van der Waals surface area contributed by atoms with Crippen molar-refractivity contribution in [3.8, 4) is 0 Å². The van der Waals surface area contributed by atoms with Gasteiger partial charge in [0.25, 0.3) is 5.91 Å². The van der Waals surface area contributed by atoms with Gasteiger partial charge in [-0.1, -0.05) is 61.7 Å². The van der Waals surface area contributed by atoms with Gasteiger partial charge < -0.3 is 10.4 Å². The summed E-state index contributed by atoms with van der Waals surface area (Å²) in [5.41, 5.74) is 2.66. The Morgan fingerprint density at radius 1 is 0.962 bits per heavy atom. The van der Waals surface area contributed by atoms with Crippen LogP contribution in [0.2, 0.25) is 0 Å². The molecule has 1 saturated carbocycles. The summed E-state index contributed by atoms with van der Waals surface area (Å²) in [6, 6.07) is 16.5. The molecule has 0 unspecified atom stereocenters. The van der Waals surface area contributed by atoms with E-state index in [1.807, 2.05) is 54.6 Å². The quantitative estimate of drug-likeness (QED) is 0.794. The van der Waals surface area contributed by atoms with Gasteiger partial charge in [-0.15, -0.1) is 0 Å². The first-order valence-corrected chi connectivity index (χ1v) is 9.31. The molecule has 2 aromatic rings. The van der Waals surface area contributed by atoms with E-state index in [4.69, 9.17) is 5.11 Å². The average Bonchev–Trinajstić information content (AvgIpc) is 2.68. The van der Waals surface area contributed by atoms with E-state index in [1.165, 1.54) is 37.7 Å². The topological polar surface area (TPSA) is 66.4 Å². The van der Waals surface area contributed by atoms with Gasteiger partial charge in [0.05, 0.1) is 12.5 Å². The molecule has 0 saturated heterocycles. The van der Waals surface area contributed by atoms with Crippen molar-refractivity contribution in [1.82, 2.24) is 5.32 Å². The zero-order chi connectivity index (χ0) is 18.4. The van der Waals surface area contributed by atoms with E-state index in [0.29, 0.717) is 11.5 Å². The van der Waals surface area contributed by atoms with Crippen molar-refractivity contribution in [3.05, 3.63) is 71.3 Å². The minimum absolute atomic E-state index is 0.143. The predicted octanol–water partition coefficient (Wildman–Crippen LogP) is 4.68. The second kappa shape index (κ2) is 8.65. The standard InChI is InChI=1S/C22H25NO3/c24-21(25)15-20(18-9-5-2-6-10-18)23-22(26)19-13-11-17(12-14-19)16-7-3-1-4-8-16/h2,5-6,9-14,16,20H,1,3-4,7-8,15H2,(H,23,26)(H,24,25)/t20-/m0/s1. The van der Waals surface area contributed by atoms with E-state index in [0.717, 1.165) is 5.56 Å². The highest BCUT2D eigenvalue weighted by molar-refractivity contribution is 5.94. The summed E-state index contributed by atoms with van der Waals surface area (Å²) in [5.74, 6) is -0.577. The van der Waals surface area contributed by atoms with Crippen LogP contribution in [0.1, 0.15) is 72.0 Å². The van der Waals surface area contributed by atoms with Crippen molar-refractivity contribution >= 4 is 11.9 Å². The van der Waals surface area contributed by atoms with Crippen LogP contribution in [-0.4, -0.2) is 17.0 Å². The van der Waals surface area contributed by atoms with Gasteiger partial charge in [0, 0.05) is 5.56 Å². The average molecular weight is 351 g/mol. The van der Waals surface area contributed by atoms with Crippen molar-refractivity contribution in [3.63, 3.8) is 0 Å². The first-order chi connectivity index (χ1) is 12.6. The monoisotopic (exact) mass is 351 g/mol. The second-order valence-electron chi connectivity index (χ2n) is 6.99. The minimum atomic E-state index is -0.938. The van der Waals surface area contributed by atoms with E-state index < -0.39 is 12.0 Å². The number of rotatable bonds is 6. The third-order valence-corrected chi connectivity index (χ3v) is 5.14. The molecule has 1 fully saturated rings. The summed E-state index contributed by atoms with van der Waals surface area (Å²) < 4.78 is 0. The summed E-state index contributed by atoms with van der Waals surface area (Å²) in [6.07, 6.45) is 6.18. The molecule has 0 aromatic heterocycles. The number of carboxylic acid groups (broad SMARTS) is 1. The summed E-state index contributed by atoms with van der Waals surface area (Å²) in [7, 11) is 0. The Labute approximate surface area is 154 Å². The van der Waals surface area contributed by atoms with Crippen LogP contribution in [0.15, 0.2) is 54.6 Å². The molecule has 0 radical (unpaired) electrons. The lowest BCUT2D eigenvalue weighted by atomic mass is 9.84. The van der Waals surface area contributed by atoms with E-state index >= 15 is 0 Å². The van der Waals surface area contributed by atoms with E-state index in [-0.39, 0.29) is 12.3 Å². The highest BCUT2D eigenvalue weighted by Crippen LogP contribution is 2.32. The SMILES string of the molecule is O=C(O)C[C@H](NC(=O)c1ccc(C2CCCCC2)cc1)c1ccccc1. The Kier molecular flexibility index (Phi) is 6.05. The first kappa shape index (κ1) is 18.2. The lowest BCUT2D eigenvalue weighted by Gasteiger charge is -2.22. The number of carbonyl (C=O) groups excluding carboxylic acids is 1. The molecule has 1 atom stereocenters. The molecule has 26 heavy (non-hydrogen) atoms. The molecule has 0 heterocycles. The van der Waals surface area contributed by atoms with Gasteiger partial charge in [0.15, 0.2) is 0 Å². The van der Waals surface area contributed by atoms with E-state index in [9.17, 15) is 9.59 Å². The van der Waals surface area contributed by atoms with Gasteiger partial charge in [-0.2, -0.15) is 0 Å². The smallest absolute Gasteiger partial charge is 0.305 e. The maximum atomic E-state index is 12.6. The lowest BCUT2D eigenvalue weighted by molar-refractivity contribution is -0.137. The Morgan fingerprint density at radius 3 is 2.23 bits per heavy atom. The minimum Gasteiger partial charge on any atom is -0.481 e. The summed E-state index contributed by atoms with van der Waals surface area (Å²) >= 11 is 0. The largest absolute Gasteiger partial charge is 0.481 e. The Balaban J connectivity index is 1.69. The van der Waals surface area contributed by atoms with Crippen LogP contribution in [-0.2, 0) is 4.79 Å². The number of nitrogens with one attached hydrogen (secondary N) is 1. The summed E-state index contributed by atoms with van der Waals surface area (Å²) in [5, 5.41) is 12.0. The number of amides is 1. The zero-order valence-electron chi connectivity index (χ0n) is 14.9. The molecule has 2 aromatic carbocycles. The predicted molar refractivity (Wildman–Crippen MR) is 101 cm³/mol. The molecular weight excluding hydrogens is 326 g/mol. The van der Waals surface area contributed by atoms with Gasteiger partial charge in [0.2, 0.25) is 0 Å². The maximum Gasteiger partial charge on any atom is 0.305 e. The molecule has 0 spiro atoms. The van der Waals surface area contributed by atoms with Gasteiger partial charge in [-0.25, -0.2) is 0 Å². The third kappa shape index (κ3) is 4.72. The van der Waals surface area contributed by atoms with Gasteiger partial charge in [-0.05, 0) is 42.0 Å². The normalized spacial score (nSPS) is 16.0. The molecule has 1 amide bonds. The Morgan fingerprint density at radius 2 is 1.62 bits per heavy atom. The van der Waals surface area contributed by atoms with Crippen LogP contribution in [0, 0.1) is 0 Å². The number of carbonyl (C=O) groups is 2. The fourth-order valence-electron chi connectivity index (χ4n) is 3.70. The van der Waals surface area contributed by atoms with Crippen molar-refractivity contribution < 1.29 is 14.7 Å². The number of hydrogen-bond acceptors (Lipinski definition) is 2. The molecule has 136 valence electrons. The van der Waals surface area contributed by atoms with Crippen LogP contribution in [0.5, 0.6) is 0 Å². The van der Waals surface area contributed by atoms with E-state index in [1.54, 1.807) is 0 Å². The summed E-state index contributed by atoms with van der Waals surface area (Å²) in [4.78, 5) is 23.8. The van der Waals surface area contributed by atoms with E-state index in [2.05, 4.69) is 5.32 Å². The fourth-order valence-corrected chi connectivity index (χ4v) is 3.70. The first-order valence-electron chi connectivity index (χ1n) is 9.31. The van der Waals surface area contributed by atoms with Crippen molar-refractivity contribution in [1.29, 1.82) is 0 Å². The number of aliphatic carboxylic acids is 1.